The van der Waals surface area contributed by atoms with E-state index in [-0.39, 0.29) is 51.6 Å². The summed E-state index contributed by atoms with van der Waals surface area (Å²) in [6.45, 7) is -2.77. The number of halogens is 4. The van der Waals surface area contributed by atoms with Crippen LogP contribution in [0.3, 0.4) is 0 Å². The highest BCUT2D eigenvalue weighted by atomic mass is 35.5. The van der Waals surface area contributed by atoms with Crippen LogP contribution in [-0.4, -0.2) is 56.7 Å². The molecule has 3 aromatic rings. The second kappa shape index (κ2) is 14.2. The van der Waals surface area contributed by atoms with Gasteiger partial charge in [-0.05, 0) is 60.7 Å². The first-order valence-electron chi connectivity index (χ1n) is 13.7. The van der Waals surface area contributed by atoms with Crippen molar-refractivity contribution in [1.29, 1.82) is 0 Å². The van der Waals surface area contributed by atoms with Crippen molar-refractivity contribution >= 4 is 51.0 Å². The number of carbonyl (C=O) groups excluding carboxylic acids is 1. The minimum atomic E-state index is -4.10. The van der Waals surface area contributed by atoms with E-state index in [0.717, 1.165) is 41.3 Å². The molecule has 45 heavy (non-hydrogen) atoms. The van der Waals surface area contributed by atoms with Crippen molar-refractivity contribution in [2.24, 2.45) is 5.92 Å². The van der Waals surface area contributed by atoms with Gasteiger partial charge >= 0.3 is 12.6 Å². The van der Waals surface area contributed by atoms with E-state index in [1.165, 1.54) is 49.6 Å². The van der Waals surface area contributed by atoms with E-state index in [1.54, 1.807) is 0 Å². The molecule has 1 aliphatic heterocycles. The Morgan fingerprint density at radius 1 is 1.11 bits per heavy atom. The largest absolute Gasteiger partial charge is 0.619 e. The molecule has 2 atom stereocenters. The lowest BCUT2D eigenvalue weighted by Gasteiger charge is -2.26. The van der Waals surface area contributed by atoms with Crippen LogP contribution in [0.5, 0.6) is 17.2 Å². The van der Waals surface area contributed by atoms with Crippen molar-refractivity contribution in [1.82, 2.24) is 4.31 Å². The second-order valence-corrected chi connectivity index (χ2v) is 14.2. The molecule has 1 saturated heterocycles. The summed E-state index contributed by atoms with van der Waals surface area (Å²) < 4.78 is 76.3. The smallest absolute Gasteiger partial charge is 0.387 e. The summed E-state index contributed by atoms with van der Waals surface area (Å²) in [5.74, 6) is 0.0386. The third kappa shape index (κ3) is 8.04. The highest BCUT2D eigenvalue weighted by Gasteiger charge is 2.42. The predicted octanol–water partition coefficient (Wildman–Crippen LogP) is 5.62. The van der Waals surface area contributed by atoms with Crippen molar-refractivity contribution in [2.45, 2.75) is 42.2 Å². The topological polar surface area (TPSA) is 118 Å². The number of hydrogen-bond acceptors (Lipinski definition) is 9. The maximum Gasteiger partial charge on any atom is 0.387 e. The van der Waals surface area contributed by atoms with Gasteiger partial charge in [-0.1, -0.05) is 29.3 Å². The molecular weight excluding hydrogens is 677 g/mol. The molecule has 10 nitrogen and oxygen atoms in total. The number of nitrogens with zero attached hydrogens (tertiary/aromatic N) is 2. The molecule has 0 bridgehead atoms. The number of alkyl halides is 2. The van der Waals surface area contributed by atoms with Gasteiger partial charge in [0.2, 0.25) is 10.0 Å². The fourth-order valence-corrected chi connectivity index (χ4v) is 8.28. The zero-order valence-corrected chi connectivity index (χ0v) is 26.9. The quantitative estimate of drug-likeness (QED) is 0.127. The maximum atomic E-state index is 13.7. The van der Waals surface area contributed by atoms with Crippen molar-refractivity contribution in [2.75, 3.05) is 26.0 Å². The Balaban J connectivity index is 1.46. The number of carbonyl (C=O) groups is 1. The standard InChI is InChI=1S/C29H28Cl2F2N2O8S2/c1-40-19-5-7-20(8-6-19)45(38,39)35-10-11-44-27(35)28(36)42-25(13-21-22(30)14-34(37)15-23(21)31)18-4-9-24(43-29(32)33)26(12-18)41-16-17-2-3-17/h4-9,12,14-15,17,25,27,29H,2-3,10-11,13,16H2,1H3/t25-,27-/m0/s1. The van der Waals surface area contributed by atoms with Crippen LogP contribution in [0.25, 0.3) is 0 Å². The molecule has 2 heterocycles. The highest BCUT2D eigenvalue weighted by Crippen LogP contribution is 2.39. The van der Waals surface area contributed by atoms with Gasteiger partial charge in [0.05, 0.1) is 18.6 Å². The van der Waals surface area contributed by atoms with Crippen LogP contribution >= 0.6 is 35.0 Å². The average molecular weight is 706 g/mol. The number of esters is 1. The predicted molar refractivity (Wildman–Crippen MR) is 162 cm³/mol. The number of methoxy groups -OCH3 is 1. The molecule has 242 valence electrons. The molecule has 2 aliphatic rings. The molecule has 2 fully saturated rings. The lowest BCUT2D eigenvalue weighted by atomic mass is 10.0. The van der Waals surface area contributed by atoms with E-state index in [9.17, 15) is 27.2 Å². The van der Waals surface area contributed by atoms with Crippen LogP contribution < -0.4 is 18.9 Å². The van der Waals surface area contributed by atoms with Crippen molar-refractivity contribution in [3.05, 3.63) is 81.2 Å². The monoisotopic (exact) mass is 704 g/mol. The van der Waals surface area contributed by atoms with Gasteiger partial charge in [0, 0.05) is 24.3 Å². The van der Waals surface area contributed by atoms with Crippen LogP contribution in [0.2, 0.25) is 10.0 Å². The number of rotatable bonds is 13. The average Bonchev–Trinajstić information content (AvgIpc) is 3.69. The summed E-state index contributed by atoms with van der Waals surface area (Å²) in [6, 6.07) is 9.89. The molecule has 16 heteroatoms. The number of aromatic nitrogens is 1. The molecule has 0 radical (unpaired) electrons. The minimum absolute atomic E-state index is 0.000334. The third-order valence-corrected chi connectivity index (χ3v) is 11.0. The minimum Gasteiger partial charge on any atom is -0.619 e. The van der Waals surface area contributed by atoms with Gasteiger partial charge in [-0.3, -0.25) is 0 Å². The van der Waals surface area contributed by atoms with Crippen LogP contribution in [0, 0.1) is 11.1 Å². The molecule has 0 N–H and O–H groups in total. The van der Waals surface area contributed by atoms with E-state index in [2.05, 4.69) is 4.74 Å². The summed E-state index contributed by atoms with van der Waals surface area (Å²) in [4.78, 5) is 13.7. The van der Waals surface area contributed by atoms with E-state index >= 15 is 0 Å². The first kappa shape index (κ1) is 33.3. The molecule has 5 rings (SSSR count). The first-order valence-corrected chi connectivity index (χ1v) is 17.0. The maximum absolute atomic E-state index is 13.7. The number of thioether (sulfide) groups is 1. The van der Waals surface area contributed by atoms with Crippen molar-refractivity contribution in [3.63, 3.8) is 0 Å². The Morgan fingerprint density at radius 2 is 1.80 bits per heavy atom. The van der Waals surface area contributed by atoms with Gasteiger partial charge in [-0.15, -0.1) is 11.8 Å². The van der Waals surface area contributed by atoms with Gasteiger partial charge in [0.1, 0.15) is 21.9 Å². The van der Waals surface area contributed by atoms with Gasteiger partial charge in [0.25, 0.3) is 0 Å². The number of pyridine rings is 1. The summed E-state index contributed by atoms with van der Waals surface area (Å²) in [5, 5.41) is 10.6. The van der Waals surface area contributed by atoms with Gasteiger partial charge < -0.3 is 24.2 Å². The number of sulfonamides is 1. The van der Waals surface area contributed by atoms with E-state index < -0.39 is 34.1 Å². The van der Waals surface area contributed by atoms with Crippen molar-refractivity contribution < 1.29 is 45.7 Å². The molecule has 0 amide bonds. The van der Waals surface area contributed by atoms with Gasteiger partial charge in [0.15, 0.2) is 29.3 Å². The zero-order valence-electron chi connectivity index (χ0n) is 23.7. The summed E-state index contributed by atoms with van der Waals surface area (Å²) >= 11 is 13.8. The lowest BCUT2D eigenvalue weighted by molar-refractivity contribution is -0.605. The van der Waals surface area contributed by atoms with Gasteiger partial charge in [-0.25, -0.2) is 13.2 Å². The van der Waals surface area contributed by atoms with E-state index in [4.69, 9.17) is 37.4 Å². The summed E-state index contributed by atoms with van der Waals surface area (Å²) in [5.41, 5.74) is 0.590. The number of ether oxygens (including phenoxy) is 4. The van der Waals surface area contributed by atoms with Crippen LogP contribution in [-0.2, 0) is 26.0 Å². The molecule has 0 unspecified atom stereocenters. The Kier molecular flexibility index (Phi) is 10.5. The number of benzene rings is 2. The second-order valence-electron chi connectivity index (χ2n) is 10.3. The Hall–Kier alpha value is -3.04. The summed E-state index contributed by atoms with van der Waals surface area (Å²) in [6.07, 6.45) is 2.79. The molecule has 0 spiro atoms. The normalized spacial score (nSPS) is 17.7. The van der Waals surface area contributed by atoms with Crippen LogP contribution in [0.15, 0.2) is 59.8 Å². The molecular formula is C29H28Cl2F2N2O8S2. The SMILES string of the molecule is COc1ccc(S(=O)(=O)N2CCS[C@H]2C(=O)O[C@@H](Cc2c(Cl)c[n+]([O-])cc2Cl)c2ccc(OC(F)F)c(OCC3CC3)c2)cc1. The zero-order chi connectivity index (χ0) is 32.3. The van der Waals surface area contributed by atoms with E-state index in [1.807, 2.05) is 0 Å². The Morgan fingerprint density at radius 3 is 2.42 bits per heavy atom. The van der Waals surface area contributed by atoms with Crippen molar-refractivity contribution in [3.8, 4) is 17.2 Å². The van der Waals surface area contributed by atoms with Crippen LogP contribution in [0.1, 0.15) is 30.1 Å². The third-order valence-electron chi connectivity index (χ3n) is 7.15. The Bertz CT molecular complexity index is 1620. The highest BCUT2D eigenvalue weighted by molar-refractivity contribution is 8.02. The van der Waals surface area contributed by atoms with Crippen LogP contribution in [0.4, 0.5) is 8.78 Å². The Labute approximate surface area is 272 Å². The summed E-state index contributed by atoms with van der Waals surface area (Å²) in [7, 11) is -2.64. The molecule has 1 aliphatic carbocycles. The lowest BCUT2D eigenvalue weighted by Crippen LogP contribution is -2.40. The molecule has 1 saturated carbocycles. The molecule has 2 aromatic carbocycles. The number of hydrogen-bond donors (Lipinski definition) is 0. The molecule has 1 aromatic heterocycles. The fourth-order valence-electron chi connectivity index (χ4n) is 4.63. The fraction of sp³-hybridized carbons (Fsp3) is 0.379. The van der Waals surface area contributed by atoms with Gasteiger partial charge in [-0.2, -0.15) is 17.8 Å². The first-order chi connectivity index (χ1) is 21.5. The van der Waals surface area contributed by atoms with E-state index in [0.29, 0.717) is 27.7 Å².